The molecule has 2 unspecified atom stereocenters. The highest BCUT2D eigenvalue weighted by atomic mass is 19.1. The van der Waals surface area contributed by atoms with Crippen molar-refractivity contribution in [3.8, 4) is 0 Å². The van der Waals surface area contributed by atoms with Gasteiger partial charge in [0.2, 0.25) is 0 Å². The zero-order valence-corrected chi connectivity index (χ0v) is 13.3. The second-order valence-corrected chi connectivity index (χ2v) is 5.76. The van der Waals surface area contributed by atoms with Gasteiger partial charge in [0.15, 0.2) is 5.78 Å². The maximum absolute atomic E-state index is 13.0. The second-order valence-electron chi connectivity index (χ2n) is 5.76. The fraction of sp³-hybridized carbons (Fsp3) is 0.444. The summed E-state index contributed by atoms with van der Waals surface area (Å²) < 4.78 is 18.3. The standard InChI is InChI=1S/C18H22FNO3/c1-3-11-23-13(2)18(22)20-10-4-5-15(12-20)17(21)14-6-8-16(19)9-7-14/h3,6-9,13,15H,1,4-5,10-12H2,2H3. The van der Waals surface area contributed by atoms with Crippen molar-refractivity contribution < 1.29 is 18.7 Å². The highest BCUT2D eigenvalue weighted by molar-refractivity contribution is 5.98. The van der Waals surface area contributed by atoms with Crippen molar-refractivity contribution in [3.63, 3.8) is 0 Å². The number of hydrogen-bond acceptors (Lipinski definition) is 3. The number of nitrogens with zero attached hydrogens (tertiary/aromatic N) is 1. The first-order valence-corrected chi connectivity index (χ1v) is 7.84. The van der Waals surface area contributed by atoms with E-state index in [-0.39, 0.29) is 23.4 Å². The van der Waals surface area contributed by atoms with Gasteiger partial charge in [0, 0.05) is 24.6 Å². The summed E-state index contributed by atoms with van der Waals surface area (Å²) in [5.74, 6) is -0.759. The summed E-state index contributed by atoms with van der Waals surface area (Å²) in [6, 6.07) is 5.55. The summed E-state index contributed by atoms with van der Waals surface area (Å²) in [7, 11) is 0. The summed E-state index contributed by atoms with van der Waals surface area (Å²) >= 11 is 0. The lowest BCUT2D eigenvalue weighted by Gasteiger charge is -2.33. The van der Waals surface area contributed by atoms with E-state index in [9.17, 15) is 14.0 Å². The van der Waals surface area contributed by atoms with E-state index in [0.29, 0.717) is 25.3 Å². The van der Waals surface area contributed by atoms with Crippen LogP contribution in [0.2, 0.25) is 0 Å². The molecule has 1 fully saturated rings. The molecule has 124 valence electrons. The van der Waals surface area contributed by atoms with E-state index in [1.54, 1.807) is 17.9 Å². The summed E-state index contributed by atoms with van der Waals surface area (Å²) in [5.41, 5.74) is 0.488. The van der Waals surface area contributed by atoms with Gasteiger partial charge in [0.25, 0.3) is 5.91 Å². The summed E-state index contributed by atoms with van der Waals surface area (Å²) in [5, 5.41) is 0. The molecule has 1 amide bonds. The third-order valence-corrected chi connectivity index (χ3v) is 4.04. The Kier molecular flexibility index (Phi) is 6.04. The lowest BCUT2D eigenvalue weighted by atomic mass is 9.90. The highest BCUT2D eigenvalue weighted by Crippen LogP contribution is 2.22. The first-order valence-electron chi connectivity index (χ1n) is 7.84. The van der Waals surface area contributed by atoms with Gasteiger partial charge >= 0.3 is 0 Å². The fourth-order valence-electron chi connectivity index (χ4n) is 2.78. The van der Waals surface area contributed by atoms with Crippen LogP contribution in [0.25, 0.3) is 0 Å². The van der Waals surface area contributed by atoms with Crippen molar-refractivity contribution >= 4 is 11.7 Å². The Balaban J connectivity index is 1.99. The van der Waals surface area contributed by atoms with Crippen LogP contribution in [-0.4, -0.2) is 42.4 Å². The average Bonchev–Trinajstić information content (AvgIpc) is 2.59. The van der Waals surface area contributed by atoms with E-state index >= 15 is 0 Å². The number of carbonyl (C=O) groups excluding carboxylic acids is 2. The van der Waals surface area contributed by atoms with Crippen molar-refractivity contribution in [3.05, 3.63) is 48.3 Å². The highest BCUT2D eigenvalue weighted by Gasteiger charge is 2.31. The maximum atomic E-state index is 13.0. The molecule has 23 heavy (non-hydrogen) atoms. The van der Waals surface area contributed by atoms with Crippen LogP contribution in [0.15, 0.2) is 36.9 Å². The number of likely N-dealkylation sites (tertiary alicyclic amines) is 1. The Morgan fingerprint density at radius 1 is 1.43 bits per heavy atom. The molecule has 4 nitrogen and oxygen atoms in total. The van der Waals surface area contributed by atoms with Gasteiger partial charge in [-0.3, -0.25) is 9.59 Å². The molecule has 0 aliphatic carbocycles. The first kappa shape index (κ1) is 17.3. The lowest BCUT2D eigenvalue weighted by molar-refractivity contribution is -0.143. The summed E-state index contributed by atoms with van der Waals surface area (Å²) in [6.45, 7) is 6.60. The van der Waals surface area contributed by atoms with E-state index in [4.69, 9.17) is 4.74 Å². The molecule has 0 bridgehead atoms. The number of hydrogen-bond donors (Lipinski definition) is 0. The molecule has 0 aromatic heterocycles. The molecule has 1 aliphatic heterocycles. The van der Waals surface area contributed by atoms with E-state index in [2.05, 4.69) is 6.58 Å². The van der Waals surface area contributed by atoms with Gasteiger partial charge in [0.1, 0.15) is 11.9 Å². The third kappa shape index (κ3) is 4.48. The molecular formula is C18H22FNO3. The number of ketones is 1. The van der Waals surface area contributed by atoms with Crippen molar-refractivity contribution in [2.75, 3.05) is 19.7 Å². The van der Waals surface area contributed by atoms with Gasteiger partial charge in [-0.05, 0) is 44.0 Å². The molecule has 0 spiro atoms. The van der Waals surface area contributed by atoms with Gasteiger partial charge < -0.3 is 9.64 Å². The number of piperidine rings is 1. The third-order valence-electron chi connectivity index (χ3n) is 4.04. The Morgan fingerprint density at radius 2 is 2.13 bits per heavy atom. The van der Waals surface area contributed by atoms with Crippen molar-refractivity contribution in [1.29, 1.82) is 0 Å². The van der Waals surface area contributed by atoms with Crippen molar-refractivity contribution in [2.45, 2.75) is 25.9 Å². The van der Waals surface area contributed by atoms with Crippen LogP contribution in [0.1, 0.15) is 30.1 Å². The quantitative estimate of drug-likeness (QED) is 0.598. The maximum Gasteiger partial charge on any atom is 0.251 e. The molecule has 5 heteroatoms. The molecule has 2 atom stereocenters. The molecule has 1 heterocycles. The monoisotopic (exact) mass is 319 g/mol. The molecule has 1 aromatic rings. The first-order chi connectivity index (χ1) is 11.0. The number of Topliss-reactive ketones (excluding diaryl/α,β-unsaturated/α-hetero) is 1. The second kappa shape index (κ2) is 8.02. The Morgan fingerprint density at radius 3 is 2.78 bits per heavy atom. The largest absolute Gasteiger partial charge is 0.365 e. The molecule has 0 N–H and O–H groups in total. The minimum absolute atomic E-state index is 0.0397. The average molecular weight is 319 g/mol. The van der Waals surface area contributed by atoms with Crippen LogP contribution in [0.3, 0.4) is 0 Å². The van der Waals surface area contributed by atoms with Gasteiger partial charge in [-0.2, -0.15) is 0 Å². The predicted octanol–water partition coefficient (Wildman–Crippen LogP) is 2.84. The molecule has 1 aromatic carbocycles. The summed E-state index contributed by atoms with van der Waals surface area (Å²) in [4.78, 5) is 26.6. The summed E-state index contributed by atoms with van der Waals surface area (Å²) in [6.07, 6.45) is 2.56. The van der Waals surface area contributed by atoms with Gasteiger partial charge in [-0.25, -0.2) is 4.39 Å². The van der Waals surface area contributed by atoms with Crippen molar-refractivity contribution in [1.82, 2.24) is 4.90 Å². The Hall–Kier alpha value is -2.01. The molecular weight excluding hydrogens is 297 g/mol. The minimum atomic E-state index is -0.548. The topological polar surface area (TPSA) is 46.6 Å². The SMILES string of the molecule is C=CCOC(C)C(=O)N1CCCC(C(=O)c2ccc(F)cc2)C1. The predicted molar refractivity (Wildman–Crippen MR) is 85.6 cm³/mol. The number of ether oxygens (including phenoxy) is 1. The van der Waals surface area contributed by atoms with Crippen LogP contribution in [0.4, 0.5) is 4.39 Å². The van der Waals surface area contributed by atoms with E-state index in [0.717, 1.165) is 12.8 Å². The van der Waals surface area contributed by atoms with Gasteiger partial charge in [-0.15, -0.1) is 6.58 Å². The Labute approximate surface area is 135 Å². The van der Waals surface area contributed by atoms with Gasteiger partial charge in [-0.1, -0.05) is 6.08 Å². The van der Waals surface area contributed by atoms with E-state index in [1.807, 2.05) is 0 Å². The van der Waals surface area contributed by atoms with Crippen LogP contribution < -0.4 is 0 Å². The number of carbonyl (C=O) groups is 2. The number of rotatable bonds is 6. The molecule has 0 radical (unpaired) electrons. The lowest BCUT2D eigenvalue weighted by Crippen LogP contribution is -2.46. The van der Waals surface area contributed by atoms with Crippen molar-refractivity contribution in [2.24, 2.45) is 5.92 Å². The number of amides is 1. The Bertz CT molecular complexity index is 570. The molecule has 1 aliphatic rings. The zero-order valence-electron chi connectivity index (χ0n) is 13.3. The zero-order chi connectivity index (χ0) is 16.8. The number of halogens is 1. The van der Waals surface area contributed by atoms with E-state index < -0.39 is 6.10 Å². The smallest absolute Gasteiger partial charge is 0.251 e. The van der Waals surface area contributed by atoms with Crippen LogP contribution in [0.5, 0.6) is 0 Å². The van der Waals surface area contributed by atoms with Gasteiger partial charge in [0.05, 0.1) is 6.61 Å². The van der Waals surface area contributed by atoms with E-state index in [1.165, 1.54) is 24.3 Å². The van der Waals surface area contributed by atoms with Crippen LogP contribution >= 0.6 is 0 Å². The fourth-order valence-corrected chi connectivity index (χ4v) is 2.78. The van der Waals surface area contributed by atoms with Crippen LogP contribution in [-0.2, 0) is 9.53 Å². The molecule has 1 saturated heterocycles. The molecule has 0 saturated carbocycles. The minimum Gasteiger partial charge on any atom is -0.365 e. The number of benzene rings is 1. The normalized spacial score (nSPS) is 19.2. The molecule has 2 rings (SSSR count). The van der Waals surface area contributed by atoms with Crippen LogP contribution in [0, 0.1) is 11.7 Å².